The number of hydrogen-bond acceptors (Lipinski definition) is 1. The van der Waals surface area contributed by atoms with Crippen LogP contribution in [0.3, 0.4) is 0 Å². The highest BCUT2D eigenvalue weighted by atomic mass is 16.3. The summed E-state index contributed by atoms with van der Waals surface area (Å²) in [5.41, 5.74) is 2.33. The molecule has 0 amide bonds. The summed E-state index contributed by atoms with van der Waals surface area (Å²) in [6.45, 7) is 4.00. The van der Waals surface area contributed by atoms with Gasteiger partial charge in [0.2, 0.25) is 0 Å². The minimum absolute atomic E-state index is 0.365. The molecule has 1 aliphatic carbocycles. The molecule has 0 bridgehead atoms. The molecular weight excluding hydrogens is 124 g/mol. The van der Waals surface area contributed by atoms with E-state index in [9.17, 15) is 5.11 Å². The van der Waals surface area contributed by atoms with Crippen molar-refractivity contribution in [2.45, 2.75) is 20.3 Å². The van der Waals surface area contributed by atoms with E-state index in [1.807, 2.05) is 13.8 Å². The van der Waals surface area contributed by atoms with Gasteiger partial charge in [0, 0.05) is 0 Å². The van der Waals surface area contributed by atoms with Crippen molar-refractivity contribution in [3.63, 3.8) is 0 Å². The van der Waals surface area contributed by atoms with Crippen LogP contribution in [0.2, 0.25) is 0 Å². The maximum atomic E-state index is 9.17. The molecule has 1 nitrogen and oxygen atoms in total. The van der Waals surface area contributed by atoms with E-state index in [4.69, 9.17) is 0 Å². The summed E-state index contributed by atoms with van der Waals surface area (Å²) in [5.74, 6) is 0.365. The lowest BCUT2D eigenvalue weighted by atomic mass is 10.2. The molecule has 54 valence electrons. The number of rotatable bonds is 0. The van der Waals surface area contributed by atoms with Gasteiger partial charge in [-0.2, -0.15) is 0 Å². The van der Waals surface area contributed by atoms with Crippen molar-refractivity contribution in [3.05, 3.63) is 35.1 Å². The van der Waals surface area contributed by atoms with Crippen LogP contribution in [0.25, 0.3) is 0 Å². The van der Waals surface area contributed by atoms with Crippen LogP contribution in [0.15, 0.2) is 35.1 Å². The zero-order valence-corrected chi connectivity index (χ0v) is 6.39. The van der Waals surface area contributed by atoms with Gasteiger partial charge in [-0.05, 0) is 32.4 Å². The van der Waals surface area contributed by atoms with Crippen LogP contribution < -0.4 is 0 Å². The zero-order chi connectivity index (χ0) is 7.56. The first-order chi connectivity index (χ1) is 4.68. The van der Waals surface area contributed by atoms with E-state index < -0.39 is 0 Å². The Morgan fingerprint density at radius 3 is 2.70 bits per heavy atom. The molecular formula is C9H12O. The van der Waals surface area contributed by atoms with Crippen LogP contribution >= 0.6 is 0 Å². The van der Waals surface area contributed by atoms with Gasteiger partial charge in [0.15, 0.2) is 0 Å². The van der Waals surface area contributed by atoms with Gasteiger partial charge in [-0.15, -0.1) is 0 Å². The van der Waals surface area contributed by atoms with Gasteiger partial charge in [0.1, 0.15) is 5.76 Å². The largest absolute Gasteiger partial charge is 0.508 e. The summed E-state index contributed by atoms with van der Waals surface area (Å²) in [5, 5.41) is 9.17. The maximum absolute atomic E-state index is 9.17. The van der Waals surface area contributed by atoms with Crippen LogP contribution in [-0.2, 0) is 0 Å². The molecule has 0 aromatic rings. The second-order valence-corrected chi connectivity index (χ2v) is 2.71. The van der Waals surface area contributed by atoms with Gasteiger partial charge in [-0.1, -0.05) is 17.2 Å². The molecule has 0 atom stereocenters. The van der Waals surface area contributed by atoms with Gasteiger partial charge in [0.25, 0.3) is 0 Å². The fraction of sp³-hybridized carbons (Fsp3) is 0.333. The van der Waals surface area contributed by atoms with E-state index in [1.54, 1.807) is 12.2 Å². The van der Waals surface area contributed by atoms with E-state index in [2.05, 4.69) is 6.08 Å². The number of allylic oxidation sites excluding steroid dienone is 5. The van der Waals surface area contributed by atoms with E-state index in [0.29, 0.717) is 5.76 Å². The van der Waals surface area contributed by atoms with Crippen LogP contribution in [0.4, 0.5) is 0 Å². The lowest BCUT2D eigenvalue weighted by Crippen LogP contribution is -1.74. The fourth-order valence-corrected chi connectivity index (χ4v) is 0.967. The van der Waals surface area contributed by atoms with E-state index >= 15 is 0 Å². The average molecular weight is 136 g/mol. The summed E-state index contributed by atoms with van der Waals surface area (Å²) in [6.07, 6.45) is 6.63. The van der Waals surface area contributed by atoms with E-state index in [1.165, 1.54) is 5.57 Å². The van der Waals surface area contributed by atoms with E-state index in [0.717, 1.165) is 12.0 Å². The minimum Gasteiger partial charge on any atom is -0.508 e. The molecule has 10 heavy (non-hydrogen) atoms. The van der Waals surface area contributed by atoms with Crippen LogP contribution in [0.5, 0.6) is 0 Å². The predicted molar refractivity (Wildman–Crippen MR) is 42.8 cm³/mol. The normalized spacial score (nSPS) is 18.8. The topological polar surface area (TPSA) is 20.2 Å². The molecule has 0 aromatic carbocycles. The second kappa shape index (κ2) is 2.74. The van der Waals surface area contributed by atoms with Crippen molar-refractivity contribution in [1.29, 1.82) is 0 Å². The zero-order valence-electron chi connectivity index (χ0n) is 6.39. The molecule has 0 radical (unpaired) electrons. The average Bonchev–Trinajstić information content (AvgIpc) is 1.93. The van der Waals surface area contributed by atoms with Crippen molar-refractivity contribution in [3.8, 4) is 0 Å². The smallest absolute Gasteiger partial charge is 0.115 e. The second-order valence-electron chi connectivity index (χ2n) is 2.71. The number of aliphatic hydroxyl groups excluding tert-OH is 1. The molecule has 0 aromatic heterocycles. The molecule has 0 fully saturated rings. The highest BCUT2D eigenvalue weighted by Crippen LogP contribution is 2.13. The molecule has 0 spiro atoms. The molecule has 0 aliphatic heterocycles. The molecule has 1 heteroatoms. The first-order valence-corrected chi connectivity index (χ1v) is 3.43. The summed E-state index contributed by atoms with van der Waals surface area (Å²) >= 11 is 0. The van der Waals surface area contributed by atoms with E-state index in [-0.39, 0.29) is 0 Å². The molecule has 0 unspecified atom stereocenters. The summed E-state index contributed by atoms with van der Waals surface area (Å²) in [7, 11) is 0. The highest BCUT2D eigenvalue weighted by molar-refractivity contribution is 5.31. The first-order valence-electron chi connectivity index (χ1n) is 3.43. The summed E-state index contributed by atoms with van der Waals surface area (Å²) < 4.78 is 0. The number of aliphatic hydroxyl groups is 1. The minimum atomic E-state index is 0.365. The van der Waals surface area contributed by atoms with Crippen molar-refractivity contribution in [1.82, 2.24) is 0 Å². The Bertz CT molecular complexity index is 219. The van der Waals surface area contributed by atoms with Crippen LogP contribution in [-0.4, -0.2) is 5.11 Å². The van der Waals surface area contributed by atoms with Crippen LogP contribution in [0, 0.1) is 0 Å². The molecule has 0 saturated carbocycles. The van der Waals surface area contributed by atoms with Gasteiger partial charge < -0.3 is 5.11 Å². The molecule has 1 rings (SSSR count). The Morgan fingerprint density at radius 2 is 2.00 bits per heavy atom. The van der Waals surface area contributed by atoms with Gasteiger partial charge >= 0.3 is 0 Å². The van der Waals surface area contributed by atoms with Gasteiger partial charge in [-0.3, -0.25) is 0 Å². The third-order valence-electron chi connectivity index (χ3n) is 1.52. The third kappa shape index (κ3) is 1.76. The summed E-state index contributed by atoms with van der Waals surface area (Å²) in [6, 6.07) is 0. The Kier molecular flexibility index (Phi) is 1.95. The van der Waals surface area contributed by atoms with Crippen molar-refractivity contribution in [2.75, 3.05) is 0 Å². The SMILES string of the molecule is CC1=CCC(C)=CC(O)=C1. The first kappa shape index (κ1) is 7.13. The molecule has 0 heterocycles. The Morgan fingerprint density at radius 1 is 1.30 bits per heavy atom. The predicted octanol–water partition coefficient (Wildman–Crippen LogP) is 2.72. The van der Waals surface area contributed by atoms with Gasteiger partial charge in [-0.25, -0.2) is 0 Å². The molecule has 1 N–H and O–H groups in total. The number of hydrogen-bond donors (Lipinski definition) is 1. The quantitative estimate of drug-likeness (QED) is 0.543. The van der Waals surface area contributed by atoms with Crippen LogP contribution in [0.1, 0.15) is 20.3 Å². The Labute approximate surface area is 61.4 Å². The fourth-order valence-electron chi connectivity index (χ4n) is 0.967. The lowest BCUT2D eigenvalue weighted by molar-refractivity contribution is 0.431. The Hall–Kier alpha value is -0.980. The van der Waals surface area contributed by atoms with Crippen molar-refractivity contribution >= 4 is 0 Å². The standard InChI is InChI=1S/C9H12O/c1-7-3-4-8(2)6-9(10)5-7/h3,5-6,10H,4H2,1-2H3. The summed E-state index contributed by atoms with van der Waals surface area (Å²) in [4.78, 5) is 0. The van der Waals surface area contributed by atoms with Crippen molar-refractivity contribution < 1.29 is 5.11 Å². The van der Waals surface area contributed by atoms with Gasteiger partial charge in [0.05, 0.1) is 0 Å². The lowest BCUT2D eigenvalue weighted by Gasteiger charge is -1.90. The maximum Gasteiger partial charge on any atom is 0.115 e. The third-order valence-corrected chi connectivity index (χ3v) is 1.52. The van der Waals surface area contributed by atoms with Crippen molar-refractivity contribution in [2.24, 2.45) is 0 Å². The monoisotopic (exact) mass is 136 g/mol. The molecule has 1 aliphatic rings. The Balaban J connectivity index is 2.90. The highest BCUT2D eigenvalue weighted by Gasteiger charge is 1.96. The molecule has 0 saturated heterocycles.